The summed E-state index contributed by atoms with van der Waals surface area (Å²) in [6.45, 7) is 2.05. The van der Waals surface area contributed by atoms with Gasteiger partial charge in [0.1, 0.15) is 5.69 Å². The summed E-state index contributed by atoms with van der Waals surface area (Å²) in [4.78, 5) is 7.08. The minimum Gasteiger partial charge on any atom is -0.374 e. The summed E-state index contributed by atoms with van der Waals surface area (Å²) >= 11 is 0. The minimum atomic E-state index is -4.99. The maximum atomic E-state index is 13.1. The van der Waals surface area contributed by atoms with Crippen molar-refractivity contribution in [3.63, 3.8) is 0 Å². The molecule has 2 atom stereocenters. The van der Waals surface area contributed by atoms with Crippen LogP contribution in [0.5, 0.6) is 0 Å². The van der Waals surface area contributed by atoms with Crippen LogP contribution in [0.2, 0.25) is 0 Å². The Hall–Kier alpha value is -2.04. The standard InChI is InChI=1S/C13H12F6N4O/c1-6-4-22-5-8(12(14,15)16)21-9(22)7-3-20-10(23(6)7)11(2,24)13(17,18)19/h3,5-6,24H,4H2,1-2H3/t6-,11?/m0/s1. The molecule has 0 radical (unpaired) electrons. The smallest absolute Gasteiger partial charge is 0.374 e. The molecule has 0 amide bonds. The number of alkyl halides is 6. The molecule has 11 heteroatoms. The van der Waals surface area contributed by atoms with Crippen molar-refractivity contribution in [3.8, 4) is 11.5 Å². The Morgan fingerprint density at radius 2 is 1.83 bits per heavy atom. The second-order valence-corrected chi connectivity index (χ2v) is 5.86. The number of imidazole rings is 2. The Balaban J connectivity index is 2.18. The topological polar surface area (TPSA) is 55.9 Å². The van der Waals surface area contributed by atoms with Crippen molar-refractivity contribution in [3.05, 3.63) is 23.9 Å². The fourth-order valence-corrected chi connectivity index (χ4v) is 2.72. The fraction of sp³-hybridized carbons (Fsp3) is 0.538. The number of aliphatic hydroxyl groups is 1. The third kappa shape index (κ3) is 2.29. The average molecular weight is 354 g/mol. The van der Waals surface area contributed by atoms with Crippen LogP contribution in [0.15, 0.2) is 12.4 Å². The monoisotopic (exact) mass is 354 g/mol. The van der Waals surface area contributed by atoms with Crippen molar-refractivity contribution in [2.75, 3.05) is 0 Å². The van der Waals surface area contributed by atoms with Gasteiger partial charge in [-0.3, -0.25) is 0 Å². The molecule has 2 aromatic heterocycles. The van der Waals surface area contributed by atoms with E-state index in [-0.39, 0.29) is 18.1 Å². The second-order valence-electron chi connectivity index (χ2n) is 5.86. The van der Waals surface area contributed by atoms with Crippen molar-refractivity contribution >= 4 is 0 Å². The van der Waals surface area contributed by atoms with Gasteiger partial charge in [0.2, 0.25) is 5.60 Å². The number of nitrogens with zero attached hydrogens (tertiary/aromatic N) is 4. The SMILES string of the molecule is C[C@H]1Cn2cc(C(F)(F)F)nc2-c2cnc(C(C)(O)C(F)(F)F)n21. The molecule has 0 fully saturated rings. The van der Waals surface area contributed by atoms with E-state index in [2.05, 4.69) is 9.97 Å². The van der Waals surface area contributed by atoms with Gasteiger partial charge in [-0.15, -0.1) is 0 Å². The van der Waals surface area contributed by atoms with Crippen LogP contribution >= 0.6 is 0 Å². The minimum absolute atomic E-state index is 0.0104. The molecular formula is C13H12F6N4O. The maximum absolute atomic E-state index is 13.1. The summed E-state index contributed by atoms with van der Waals surface area (Å²) in [5.41, 5.74) is -4.38. The van der Waals surface area contributed by atoms with Gasteiger partial charge in [-0.05, 0) is 13.8 Å². The van der Waals surface area contributed by atoms with E-state index in [9.17, 15) is 31.4 Å². The van der Waals surface area contributed by atoms with E-state index in [0.29, 0.717) is 6.92 Å². The zero-order valence-corrected chi connectivity index (χ0v) is 12.4. The summed E-state index contributed by atoms with van der Waals surface area (Å²) in [5.74, 6) is -0.822. The van der Waals surface area contributed by atoms with Gasteiger partial charge in [-0.25, -0.2) is 9.97 Å². The molecule has 0 saturated heterocycles. The number of hydrogen-bond donors (Lipinski definition) is 1. The van der Waals surface area contributed by atoms with Crippen LogP contribution in [0.3, 0.4) is 0 Å². The summed E-state index contributed by atoms with van der Waals surface area (Å²) in [5, 5.41) is 9.85. The van der Waals surface area contributed by atoms with Crippen LogP contribution in [0.4, 0.5) is 26.3 Å². The third-order valence-corrected chi connectivity index (χ3v) is 3.98. The molecule has 0 bridgehead atoms. The highest BCUT2D eigenvalue weighted by molar-refractivity contribution is 5.53. The van der Waals surface area contributed by atoms with E-state index in [1.807, 2.05) is 0 Å². The predicted octanol–water partition coefficient (Wildman–Crippen LogP) is 3.11. The Bertz CT molecular complexity index is 785. The Kier molecular flexibility index (Phi) is 3.32. The van der Waals surface area contributed by atoms with Crippen LogP contribution in [0, 0.1) is 0 Å². The first-order valence-electron chi connectivity index (χ1n) is 6.85. The number of fused-ring (bicyclic) bond motifs is 3. The van der Waals surface area contributed by atoms with Crippen molar-refractivity contribution in [1.82, 2.24) is 19.1 Å². The van der Waals surface area contributed by atoms with Crippen LogP contribution in [0.25, 0.3) is 11.5 Å². The van der Waals surface area contributed by atoms with Gasteiger partial charge >= 0.3 is 12.4 Å². The van der Waals surface area contributed by atoms with E-state index >= 15 is 0 Å². The van der Waals surface area contributed by atoms with E-state index in [4.69, 9.17) is 0 Å². The molecule has 3 heterocycles. The number of rotatable bonds is 1. The van der Waals surface area contributed by atoms with Crippen molar-refractivity contribution < 1.29 is 31.4 Å². The number of halogens is 6. The molecule has 5 nitrogen and oxygen atoms in total. The Labute approximate surface area is 131 Å². The highest BCUT2D eigenvalue weighted by atomic mass is 19.4. The van der Waals surface area contributed by atoms with Crippen LogP contribution in [-0.4, -0.2) is 30.4 Å². The third-order valence-electron chi connectivity index (χ3n) is 3.98. The lowest BCUT2D eigenvalue weighted by Gasteiger charge is -2.31. The number of aromatic nitrogens is 4. The van der Waals surface area contributed by atoms with E-state index < -0.39 is 35.5 Å². The summed E-state index contributed by atoms with van der Waals surface area (Å²) in [6.07, 6.45) is -7.86. The molecule has 2 aromatic rings. The zero-order chi connectivity index (χ0) is 18.1. The summed E-state index contributed by atoms with van der Waals surface area (Å²) in [7, 11) is 0. The Morgan fingerprint density at radius 3 is 2.38 bits per heavy atom. The molecule has 0 aromatic carbocycles. The average Bonchev–Trinajstić information content (AvgIpc) is 2.99. The van der Waals surface area contributed by atoms with Gasteiger partial charge in [0, 0.05) is 12.7 Å². The molecule has 24 heavy (non-hydrogen) atoms. The first-order chi connectivity index (χ1) is 10.8. The molecule has 132 valence electrons. The van der Waals surface area contributed by atoms with Gasteiger partial charge < -0.3 is 14.2 Å². The van der Waals surface area contributed by atoms with E-state index in [0.717, 1.165) is 17.0 Å². The Morgan fingerprint density at radius 1 is 1.21 bits per heavy atom. The highest BCUT2D eigenvalue weighted by Gasteiger charge is 2.55. The molecule has 0 saturated carbocycles. The summed E-state index contributed by atoms with van der Waals surface area (Å²) in [6, 6.07) is -0.644. The quantitative estimate of drug-likeness (QED) is 0.801. The molecule has 0 spiro atoms. The molecule has 1 N–H and O–H groups in total. The highest BCUT2D eigenvalue weighted by Crippen LogP contribution is 2.42. The first kappa shape index (κ1) is 16.8. The molecule has 1 unspecified atom stereocenters. The first-order valence-corrected chi connectivity index (χ1v) is 6.85. The zero-order valence-electron chi connectivity index (χ0n) is 12.4. The lowest BCUT2D eigenvalue weighted by Crippen LogP contribution is -2.42. The predicted molar refractivity (Wildman–Crippen MR) is 68.8 cm³/mol. The van der Waals surface area contributed by atoms with Gasteiger partial charge in [0.05, 0.1) is 12.2 Å². The molecule has 3 rings (SSSR count). The molecule has 1 aliphatic rings. The van der Waals surface area contributed by atoms with Gasteiger partial charge in [-0.2, -0.15) is 26.3 Å². The lowest BCUT2D eigenvalue weighted by molar-refractivity contribution is -0.262. The van der Waals surface area contributed by atoms with Crippen molar-refractivity contribution in [2.24, 2.45) is 0 Å². The second kappa shape index (κ2) is 4.74. The van der Waals surface area contributed by atoms with Crippen LogP contribution in [0.1, 0.15) is 31.4 Å². The maximum Gasteiger partial charge on any atom is 0.434 e. The van der Waals surface area contributed by atoms with Crippen LogP contribution in [-0.2, 0) is 18.3 Å². The van der Waals surface area contributed by atoms with Crippen molar-refractivity contribution in [1.29, 1.82) is 0 Å². The van der Waals surface area contributed by atoms with E-state index in [1.165, 1.54) is 11.5 Å². The van der Waals surface area contributed by atoms with E-state index in [1.54, 1.807) is 0 Å². The fourth-order valence-electron chi connectivity index (χ4n) is 2.72. The molecule has 0 aliphatic carbocycles. The molecule has 1 aliphatic heterocycles. The number of hydrogen-bond acceptors (Lipinski definition) is 3. The van der Waals surface area contributed by atoms with Gasteiger partial charge in [-0.1, -0.05) is 0 Å². The van der Waals surface area contributed by atoms with Gasteiger partial charge in [0.25, 0.3) is 0 Å². The van der Waals surface area contributed by atoms with Crippen molar-refractivity contribution in [2.45, 2.75) is 44.4 Å². The molecular weight excluding hydrogens is 342 g/mol. The lowest BCUT2D eigenvalue weighted by atomic mass is 10.0. The normalized spacial score (nSPS) is 20.5. The van der Waals surface area contributed by atoms with Crippen LogP contribution < -0.4 is 0 Å². The van der Waals surface area contributed by atoms with Gasteiger partial charge in [0.15, 0.2) is 17.3 Å². The summed E-state index contributed by atoms with van der Waals surface area (Å²) < 4.78 is 80.0. The largest absolute Gasteiger partial charge is 0.434 e.